The molecule has 0 N–H and O–H groups in total. The Morgan fingerprint density at radius 3 is 2.29 bits per heavy atom. The zero-order chi connectivity index (χ0) is 15.6. The molecule has 0 amide bonds. The molecule has 0 aliphatic rings. The van der Waals surface area contributed by atoms with Gasteiger partial charge in [-0.25, -0.2) is 0 Å². The molecule has 1 unspecified atom stereocenters. The second kappa shape index (κ2) is 6.91. The Balaban J connectivity index is 2.50. The summed E-state index contributed by atoms with van der Waals surface area (Å²) >= 11 is 16.1. The third-order valence-corrected chi connectivity index (χ3v) is 4.78. The first-order chi connectivity index (χ1) is 9.97. The van der Waals surface area contributed by atoms with Crippen molar-refractivity contribution < 1.29 is 9.47 Å². The summed E-state index contributed by atoms with van der Waals surface area (Å²) in [4.78, 5) is 0. The van der Waals surface area contributed by atoms with E-state index in [2.05, 4.69) is 15.9 Å². The van der Waals surface area contributed by atoms with Gasteiger partial charge in [-0.1, -0.05) is 23.7 Å². The lowest BCUT2D eigenvalue weighted by molar-refractivity contribution is 0.397. The maximum atomic E-state index is 6.63. The summed E-state index contributed by atoms with van der Waals surface area (Å²) in [6.07, 6.45) is 0. The van der Waals surface area contributed by atoms with Crippen LogP contribution in [0.4, 0.5) is 0 Å². The third kappa shape index (κ3) is 3.47. The third-order valence-electron chi connectivity index (χ3n) is 3.25. The fourth-order valence-corrected chi connectivity index (χ4v) is 3.00. The first-order valence-electron chi connectivity index (χ1n) is 6.29. The molecule has 0 fully saturated rings. The highest BCUT2D eigenvalue weighted by Crippen LogP contribution is 2.41. The molecule has 0 aliphatic heterocycles. The van der Waals surface area contributed by atoms with E-state index in [1.54, 1.807) is 14.2 Å². The van der Waals surface area contributed by atoms with E-state index in [0.29, 0.717) is 11.5 Å². The van der Waals surface area contributed by atoms with Crippen molar-refractivity contribution in [2.45, 2.75) is 12.3 Å². The predicted molar refractivity (Wildman–Crippen MR) is 91.1 cm³/mol. The Bertz CT molecular complexity index is 659. The second-order valence-electron chi connectivity index (χ2n) is 4.60. The molecule has 5 heteroatoms. The van der Waals surface area contributed by atoms with Crippen molar-refractivity contribution in [1.82, 2.24) is 0 Å². The lowest BCUT2D eigenvalue weighted by Gasteiger charge is -2.17. The van der Waals surface area contributed by atoms with Crippen molar-refractivity contribution in [3.63, 3.8) is 0 Å². The Morgan fingerprint density at radius 2 is 1.71 bits per heavy atom. The van der Waals surface area contributed by atoms with Gasteiger partial charge < -0.3 is 9.47 Å². The van der Waals surface area contributed by atoms with Gasteiger partial charge in [0.1, 0.15) is 11.5 Å². The smallest absolute Gasteiger partial charge is 0.133 e. The Kier molecular flexibility index (Phi) is 5.42. The van der Waals surface area contributed by atoms with Crippen molar-refractivity contribution in [2.75, 3.05) is 14.2 Å². The molecule has 0 aliphatic carbocycles. The Morgan fingerprint density at radius 1 is 1.05 bits per heavy atom. The van der Waals surface area contributed by atoms with E-state index in [4.69, 9.17) is 32.7 Å². The molecule has 2 nitrogen and oxygen atoms in total. The van der Waals surface area contributed by atoms with Crippen LogP contribution >= 0.6 is 39.1 Å². The SMILES string of the molecule is COc1cc(C(Cl)c2ccc(Cl)c(C)c2)c(OC)cc1Br. The van der Waals surface area contributed by atoms with Gasteiger partial charge in [0.05, 0.1) is 24.1 Å². The summed E-state index contributed by atoms with van der Waals surface area (Å²) in [6.45, 7) is 1.95. The Labute approximate surface area is 143 Å². The van der Waals surface area contributed by atoms with Crippen LogP contribution in [0.1, 0.15) is 22.1 Å². The van der Waals surface area contributed by atoms with E-state index in [1.807, 2.05) is 37.3 Å². The average molecular weight is 390 g/mol. The molecule has 0 heterocycles. The second-order valence-corrected chi connectivity index (χ2v) is 6.30. The number of aryl methyl sites for hydroxylation is 1. The molecule has 0 saturated carbocycles. The van der Waals surface area contributed by atoms with E-state index in [0.717, 1.165) is 26.2 Å². The van der Waals surface area contributed by atoms with Crippen LogP contribution in [0.3, 0.4) is 0 Å². The van der Waals surface area contributed by atoms with E-state index < -0.39 is 0 Å². The van der Waals surface area contributed by atoms with Crippen LogP contribution in [0.15, 0.2) is 34.8 Å². The van der Waals surface area contributed by atoms with E-state index >= 15 is 0 Å². The normalized spacial score (nSPS) is 12.1. The van der Waals surface area contributed by atoms with Crippen molar-refractivity contribution in [2.24, 2.45) is 0 Å². The average Bonchev–Trinajstić information content (AvgIpc) is 2.49. The fraction of sp³-hybridized carbons (Fsp3) is 0.250. The van der Waals surface area contributed by atoms with Crippen molar-refractivity contribution in [3.8, 4) is 11.5 Å². The molecule has 2 aromatic rings. The molecule has 2 aromatic carbocycles. The molecule has 0 bridgehead atoms. The summed E-state index contributed by atoms with van der Waals surface area (Å²) in [6, 6.07) is 9.48. The molecule has 0 aromatic heterocycles. The lowest BCUT2D eigenvalue weighted by atomic mass is 10.0. The van der Waals surface area contributed by atoms with Gasteiger partial charge in [0.15, 0.2) is 0 Å². The van der Waals surface area contributed by atoms with Gasteiger partial charge in [-0.3, -0.25) is 0 Å². The van der Waals surface area contributed by atoms with Gasteiger partial charge in [0, 0.05) is 10.6 Å². The summed E-state index contributed by atoms with van der Waals surface area (Å²) < 4.78 is 11.6. The summed E-state index contributed by atoms with van der Waals surface area (Å²) in [5, 5.41) is 0.376. The minimum absolute atomic E-state index is 0.349. The van der Waals surface area contributed by atoms with Crippen LogP contribution < -0.4 is 9.47 Å². The largest absolute Gasteiger partial charge is 0.496 e. The van der Waals surface area contributed by atoms with Crippen LogP contribution in [0.2, 0.25) is 5.02 Å². The maximum Gasteiger partial charge on any atom is 0.133 e. The number of hydrogen-bond donors (Lipinski definition) is 0. The monoisotopic (exact) mass is 388 g/mol. The van der Waals surface area contributed by atoms with Gasteiger partial charge in [-0.05, 0) is 52.2 Å². The minimum atomic E-state index is -0.349. The minimum Gasteiger partial charge on any atom is -0.496 e. The van der Waals surface area contributed by atoms with Crippen LogP contribution in [0, 0.1) is 6.92 Å². The van der Waals surface area contributed by atoms with Gasteiger partial charge in [0.2, 0.25) is 0 Å². The van der Waals surface area contributed by atoms with E-state index in [-0.39, 0.29) is 5.38 Å². The highest BCUT2D eigenvalue weighted by atomic mass is 79.9. The zero-order valence-electron chi connectivity index (χ0n) is 11.9. The molecular weight excluding hydrogens is 375 g/mol. The number of ether oxygens (including phenoxy) is 2. The molecule has 0 saturated heterocycles. The predicted octanol–water partition coefficient (Wildman–Crippen LogP) is 5.76. The van der Waals surface area contributed by atoms with Crippen molar-refractivity contribution in [3.05, 3.63) is 56.5 Å². The van der Waals surface area contributed by atoms with E-state index in [1.165, 1.54) is 0 Å². The fourth-order valence-electron chi connectivity index (χ4n) is 2.09. The molecule has 0 spiro atoms. The molecule has 0 radical (unpaired) electrons. The summed E-state index contributed by atoms with van der Waals surface area (Å²) in [5.41, 5.74) is 2.80. The van der Waals surface area contributed by atoms with Gasteiger partial charge in [-0.2, -0.15) is 0 Å². The van der Waals surface area contributed by atoms with Crippen LogP contribution in [0.25, 0.3) is 0 Å². The van der Waals surface area contributed by atoms with Crippen molar-refractivity contribution in [1.29, 1.82) is 0 Å². The topological polar surface area (TPSA) is 18.5 Å². The highest BCUT2D eigenvalue weighted by molar-refractivity contribution is 9.10. The standard InChI is InChI=1S/C16H15BrCl2O2/c1-9-6-10(4-5-13(9)18)16(19)11-7-15(21-3)12(17)8-14(11)20-2/h4-8,16H,1-3H3. The van der Waals surface area contributed by atoms with Crippen LogP contribution in [-0.2, 0) is 0 Å². The summed E-state index contributed by atoms with van der Waals surface area (Å²) in [7, 11) is 3.24. The molecular formula is C16H15BrCl2O2. The maximum absolute atomic E-state index is 6.63. The number of rotatable bonds is 4. The molecule has 21 heavy (non-hydrogen) atoms. The molecule has 2 rings (SSSR count). The Hall–Kier alpha value is -0.900. The van der Waals surface area contributed by atoms with Crippen LogP contribution in [-0.4, -0.2) is 14.2 Å². The number of benzene rings is 2. The van der Waals surface area contributed by atoms with E-state index in [9.17, 15) is 0 Å². The zero-order valence-corrected chi connectivity index (χ0v) is 15.0. The lowest BCUT2D eigenvalue weighted by Crippen LogP contribution is -2.00. The number of halogens is 3. The number of alkyl halides is 1. The first kappa shape index (κ1) is 16.5. The molecule has 1 atom stereocenters. The van der Waals surface area contributed by atoms with Gasteiger partial charge >= 0.3 is 0 Å². The quantitative estimate of drug-likeness (QED) is 0.619. The number of hydrogen-bond acceptors (Lipinski definition) is 2. The highest BCUT2D eigenvalue weighted by Gasteiger charge is 2.19. The van der Waals surface area contributed by atoms with Gasteiger partial charge in [0.25, 0.3) is 0 Å². The van der Waals surface area contributed by atoms with Crippen LogP contribution in [0.5, 0.6) is 11.5 Å². The summed E-state index contributed by atoms with van der Waals surface area (Å²) in [5.74, 6) is 1.41. The van der Waals surface area contributed by atoms with Crippen molar-refractivity contribution >= 4 is 39.1 Å². The molecule has 112 valence electrons. The number of methoxy groups -OCH3 is 2. The first-order valence-corrected chi connectivity index (χ1v) is 7.90. The van der Waals surface area contributed by atoms with Gasteiger partial charge in [-0.15, -0.1) is 11.6 Å².